The summed E-state index contributed by atoms with van der Waals surface area (Å²) in [4.78, 5) is 20.4. The van der Waals surface area contributed by atoms with Gasteiger partial charge in [0.15, 0.2) is 5.43 Å². The standard InChI is InChI=1S/C19H20ClN3O2.C2H6/c1-11-8-15-17(24)16(10-21-18(15)23-12(11)2)19(25-3)22-9-13-4-6-14(20)7-5-13;1-2/h4-8,10,19,22H,9H2,1-3H3,(H,21,23,24);1-2H3. The van der Waals surface area contributed by atoms with Crippen molar-refractivity contribution in [3.05, 3.63) is 74.2 Å². The number of pyridine rings is 2. The third-order valence-corrected chi connectivity index (χ3v) is 4.51. The fourth-order valence-electron chi connectivity index (χ4n) is 2.68. The van der Waals surface area contributed by atoms with E-state index in [9.17, 15) is 4.79 Å². The number of benzene rings is 1. The Morgan fingerprint density at radius 2 is 1.89 bits per heavy atom. The van der Waals surface area contributed by atoms with Crippen molar-refractivity contribution in [1.29, 1.82) is 0 Å². The van der Waals surface area contributed by atoms with Gasteiger partial charge in [-0.05, 0) is 43.2 Å². The number of rotatable bonds is 5. The van der Waals surface area contributed by atoms with Crippen LogP contribution in [-0.2, 0) is 11.3 Å². The maximum Gasteiger partial charge on any atom is 0.198 e. The van der Waals surface area contributed by atoms with Crippen LogP contribution in [0.3, 0.4) is 0 Å². The summed E-state index contributed by atoms with van der Waals surface area (Å²) in [6.07, 6.45) is 1.14. The molecular formula is C21H26ClN3O2. The maximum atomic E-state index is 12.9. The Morgan fingerprint density at radius 3 is 2.52 bits per heavy atom. The van der Waals surface area contributed by atoms with Crippen LogP contribution in [0, 0.1) is 13.8 Å². The summed E-state index contributed by atoms with van der Waals surface area (Å²) in [6, 6.07) is 9.40. The van der Waals surface area contributed by atoms with Gasteiger partial charge in [0.25, 0.3) is 0 Å². The fourth-order valence-corrected chi connectivity index (χ4v) is 2.81. The summed E-state index contributed by atoms with van der Waals surface area (Å²) in [6.45, 7) is 8.42. The second-order valence-electron chi connectivity index (χ2n) is 5.98. The zero-order valence-electron chi connectivity index (χ0n) is 16.4. The molecule has 0 aliphatic rings. The highest BCUT2D eigenvalue weighted by Gasteiger charge is 2.16. The minimum absolute atomic E-state index is 0.0835. The number of nitrogens with one attached hydrogen (secondary N) is 2. The van der Waals surface area contributed by atoms with Crippen molar-refractivity contribution in [3.8, 4) is 0 Å². The number of aromatic nitrogens is 2. The smallest absolute Gasteiger partial charge is 0.198 e. The average Bonchev–Trinajstić information content (AvgIpc) is 2.68. The van der Waals surface area contributed by atoms with Crippen molar-refractivity contribution in [3.63, 3.8) is 0 Å². The number of aryl methyl sites for hydroxylation is 2. The van der Waals surface area contributed by atoms with Crippen molar-refractivity contribution in [2.24, 2.45) is 0 Å². The molecular weight excluding hydrogens is 362 g/mol. The Labute approximate surface area is 164 Å². The molecule has 1 unspecified atom stereocenters. The van der Waals surface area contributed by atoms with Crippen LogP contribution >= 0.6 is 11.6 Å². The number of nitrogens with zero attached hydrogens (tertiary/aromatic N) is 1. The van der Waals surface area contributed by atoms with Crippen molar-refractivity contribution < 1.29 is 4.74 Å². The molecule has 3 rings (SSSR count). The van der Waals surface area contributed by atoms with Crippen LogP contribution in [-0.4, -0.2) is 17.1 Å². The summed E-state index contributed by atoms with van der Waals surface area (Å²) in [5.41, 5.74) is 3.97. The van der Waals surface area contributed by atoms with Crippen LogP contribution in [0.15, 0.2) is 41.3 Å². The third-order valence-electron chi connectivity index (χ3n) is 4.26. The number of methoxy groups -OCH3 is 1. The monoisotopic (exact) mass is 387 g/mol. The van der Waals surface area contributed by atoms with Crippen molar-refractivity contribution in [2.45, 2.75) is 40.5 Å². The minimum atomic E-state index is -0.523. The van der Waals surface area contributed by atoms with E-state index >= 15 is 0 Å². The molecule has 0 saturated carbocycles. The SMILES string of the molecule is CC.COC(NCc1ccc(Cl)cc1)c1c[nH]c2nc(C)c(C)cc2c1=O. The van der Waals surface area contributed by atoms with Crippen LogP contribution in [0.2, 0.25) is 5.02 Å². The van der Waals surface area contributed by atoms with Crippen LogP contribution in [0.25, 0.3) is 11.0 Å². The van der Waals surface area contributed by atoms with Crippen LogP contribution in [0.5, 0.6) is 0 Å². The van der Waals surface area contributed by atoms with Gasteiger partial charge in [0, 0.05) is 30.6 Å². The van der Waals surface area contributed by atoms with E-state index in [0.717, 1.165) is 16.8 Å². The first-order valence-electron chi connectivity index (χ1n) is 8.99. The first-order valence-corrected chi connectivity index (χ1v) is 9.37. The molecule has 0 amide bonds. The molecule has 2 N–H and O–H groups in total. The number of halogens is 1. The van der Waals surface area contributed by atoms with Gasteiger partial charge in [0.2, 0.25) is 0 Å². The highest BCUT2D eigenvalue weighted by atomic mass is 35.5. The molecule has 2 heterocycles. The third kappa shape index (κ3) is 4.95. The minimum Gasteiger partial charge on any atom is -0.362 e. The van der Waals surface area contributed by atoms with Crippen LogP contribution < -0.4 is 10.7 Å². The molecule has 6 heteroatoms. The maximum absolute atomic E-state index is 12.9. The lowest BCUT2D eigenvalue weighted by atomic mass is 10.1. The largest absolute Gasteiger partial charge is 0.362 e. The molecule has 2 aromatic heterocycles. The second-order valence-corrected chi connectivity index (χ2v) is 6.42. The summed E-state index contributed by atoms with van der Waals surface area (Å²) < 4.78 is 5.49. The van der Waals surface area contributed by atoms with Gasteiger partial charge in [-0.1, -0.05) is 37.6 Å². The first kappa shape index (κ1) is 21.1. The molecule has 0 saturated heterocycles. The molecule has 0 aliphatic carbocycles. The Hall–Kier alpha value is -2.21. The Kier molecular flexibility index (Phi) is 7.54. The Morgan fingerprint density at radius 1 is 1.22 bits per heavy atom. The van der Waals surface area contributed by atoms with Crippen LogP contribution in [0.4, 0.5) is 0 Å². The number of hydrogen-bond acceptors (Lipinski definition) is 4. The lowest BCUT2D eigenvalue weighted by Gasteiger charge is -2.17. The molecule has 0 bridgehead atoms. The van der Waals surface area contributed by atoms with E-state index < -0.39 is 6.23 Å². The zero-order chi connectivity index (χ0) is 20.0. The average molecular weight is 388 g/mol. The molecule has 0 fully saturated rings. The van der Waals surface area contributed by atoms with Crippen molar-refractivity contribution in [2.75, 3.05) is 7.11 Å². The lowest BCUT2D eigenvalue weighted by Crippen LogP contribution is -2.28. The highest BCUT2D eigenvalue weighted by Crippen LogP contribution is 2.16. The predicted octanol–water partition coefficient (Wildman–Crippen LogP) is 4.65. The fraction of sp³-hybridized carbons (Fsp3) is 0.333. The van der Waals surface area contributed by atoms with Gasteiger partial charge in [-0.2, -0.15) is 0 Å². The number of ether oxygens (including phenoxy) is 1. The summed E-state index contributed by atoms with van der Waals surface area (Å²) in [7, 11) is 1.57. The quantitative estimate of drug-likeness (QED) is 0.625. The van der Waals surface area contributed by atoms with E-state index in [-0.39, 0.29) is 5.43 Å². The topological polar surface area (TPSA) is 67.0 Å². The molecule has 0 aliphatic heterocycles. The molecule has 5 nitrogen and oxygen atoms in total. The molecule has 27 heavy (non-hydrogen) atoms. The van der Waals surface area contributed by atoms with E-state index in [2.05, 4.69) is 15.3 Å². The molecule has 1 atom stereocenters. The number of hydrogen-bond donors (Lipinski definition) is 2. The van der Waals surface area contributed by atoms with Gasteiger partial charge >= 0.3 is 0 Å². The number of fused-ring (bicyclic) bond motifs is 1. The molecule has 0 spiro atoms. The molecule has 144 valence electrons. The van der Waals surface area contributed by atoms with Gasteiger partial charge in [-0.15, -0.1) is 0 Å². The molecule has 0 radical (unpaired) electrons. The molecule has 3 aromatic rings. The van der Waals surface area contributed by atoms with E-state index in [4.69, 9.17) is 16.3 Å². The van der Waals surface area contributed by atoms with Crippen molar-refractivity contribution >= 4 is 22.6 Å². The van der Waals surface area contributed by atoms with Gasteiger partial charge in [0.05, 0.1) is 10.9 Å². The number of aromatic amines is 1. The van der Waals surface area contributed by atoms with Crippen molar-refractivity contribution in [1.82, 2.24) is 15.3 Å². The summed E-state index contributed by atoms with van der Waals surface area (Å²) >= 11 is 5.90. The predicted molar refractivity (Wildman–Crippen MR) is 111 cm³/mol. The summed E-state index contributed by atoms with van der Waals surface area (Å²) in [5, 5.41) is 4.50. The second kappa shape index (κ2) is 9.65. The zero-order valence-corrected chi connectivity index (χ0v) is 17.1. The van der Waals surface area contributed by atoms with Crippen LogP contribution in [0.1, 0.15) is 42.5 Å². The lowest BCUT2D eigenvalue weighted by molar-refractivity contribution is 0.0712. The Bertz CT molecular complexity index is 952. The highest BCUT2D eigenvalue weighted by molar-refractivity contribution is 6.30. The van der Waals surface area contributed by atoms with E-state index in [0.29, 0.717) is 28.2 Å². The van der Waals surface area contributed by atoms with Gasteiger partial charge in [-0.25, -0.2) is 4.98 Å². The van der Waals surface area contributed by atoms with Gasteiger partial charge < -0.3 is 9.72 Å². The Balaban J connectivity index is 0.00000126. The first-order chi connectivity index (χ1) is 13.0. The van der Waals surface area contributed by atoms with E-state index in [1.807, 2.05) is 58.0 Å². The summed E-state index contributed by atoms with van der Waals surface area (Å²) in [5.74, 6) is 0. The van der Waals surface area contributed by atoms with Gasteiger partial charge in [0.1, 0.15) is 11.9 Å². The normalized spacial score (nSPS) is 11.8. The number of H-pyrrole nitrogens is 1. The van der Waals surface area contributed by atoms with E-state index in [1.54, 1.807) is 13.3 Å². The van der Waals surface area contributed by atoms with E-state index in [1.165, 1.54) is 0 Å². The molecule has 1 aromatic carbocycles. The van der Waals surface area contributed by atoms with Gasteiger partial charge in [-0.3, -0.25) is 10.1 Å².